The molecular weight excluding hydrogens is 383 g/mol. The third kappa shape index (κ3) is 5.66. The summed E-state index contributed by atoms with van der Waals surface area (Å²) < 4.78 is 0. The minimum Gasteiger partial charge on any atom is -0.399 e. The number of pyridine rings is 1. The molecule has 2 N–H and O–H groups in total. The fourth-order valence-electron chi connectivity index (χ4n) is 2.66. The van der Waals surface area contributed by atoms with Crippen molar-refractivity contribution in [3.05, 3.63) is 53.2 Å². The first-order valence-corrected chi connectivity index (χ1v) is 7.98. The molecule has 1 aromatic heterocycles. The Morgan fingerprint density at radius 2 is 1.68 bits per heavy atom. The quantitative estimate of drug-likeness (QED) is 0.800. The first kappa shape index (κ1) is 21.4. The van der Waals surface area contributed by atoms with Gasteiger partial charge in [-0.05, 0) is 29.8 Å². The lowest BCUT2D eigenvalue weighted by molar-refractivity contribution is -0.130. The van der Waals surface area contributed by atoms with E-state index in [2.05, 4.69) is 9.88 Å². The number of nitrogens with two attached hydrogens (primary N) is 1. The van der Waals surface area contributed by atoms with E-state index in [1.54, 1.807) is 6.20 Å². The number of benzene rings is 1. The van der Waals surface area contributed by atoms with Crippen molar-refractivity contribution >= 4 is 53.8 Å². The largest absolute Gasteiger partial charge is 0.399 e. The molecule has 25 heavy (non-hydrogen) atoms. The Morgan fingerprint density at radius 1 is 1.04 bits per heavy atom. The molecule has 8 heteroatoms. The highest BCUT2D eigenvalue weighted by molar-refractivity contribution is 6.30. The Hall–Kier alpha value is -1.69. The average Bonchev–Trinajstić information content (AvgIpc) is 2.58. The fourth-order valence-corrected chi connectivity index (χ4v) is 2.77. The van der Waals surface area contributed by atoms with E-state index in [0.717, 1.165) is 24.5 Å². The van der Waals surface area contributed by atoms with Gasteiger partial charge in [0, 0.05) is 38.1 Å². The highest BCUT2D eigenvalue weighted by atomic mass is 35.5. The number of rotatable bonds is 3. The Bertz CT molecular complexity index is 671. The number of anilines is 2. The average molecular weight is 404 g/mol. The van der Waals surface area contributed by atoms with Gasteiger partial charge in [0.1, 0.15) is 5.82 Å². The van der Waals surface area contributed by atoms with E-state index in [1.807, 2.05) is 41.3 Å². The minimum absolute atomic E-state index is 0. The van der Waals surface area contributed by atoms with Crippen molar-refractivity contribution in [3.8, 4) is 0 Å². The predicted octanol–water partition coefficient (Wildman–Crippen LogP) is 3.05. The molecule has 0 aliphatic carbocycles. The molecule has 2 heterocycles. The van der Waals surface area contributed by atoms with Crippen LogP contribution >= 0.6 is 36.4 Å². The molecule has 1 saturated heterocycles. The molecule has 3 rings (SSSR count). The molecule has 1 fully saturated rings. The maximum atomic E-state index is 12.4. The summed E-state index contributed by atoms with van der Waals surface area (Å²) in [5.41, 5.74) is 7.37. The summed E-state index contributed by atoms with van der Waals surface area (Å²) in [7, 11) is 0. The topological polar surface area (TPSA) is 62.5 Å². The summed E-state index contributed by atoms with van der Waals surface area (Å²) in [5, 5.41) is 0.631. The first-order chi connectivity index (χ1) is 11.1. The van der Waals surface area contributed by atoms with Crippen LogP contribution in [0.5, 0.6) is 0 Å². The van der Waals surface area contributed by atoms with Gasteiger partial charge in [0.05, 0.1) is 11.4 Å². The van der Waals surface area contributed by atoms with Crippen molar-refractivity contribution in [2.45, 2.75) is 6.42 Å². The second kappa shape index (κ2) is 9.70. The number of carbonyl (C=O) groups is 1. The first-order valence-electron chi connectivity index (χ1n) is 7.60. The van der Waals surface area contributed by atoms with Gasteiger partial charge in [-0.2, -0.15) is 0 Å². The summed E-state index contributed by atoms with van der Waals surface area (Å²) in [6.45, 7) is 2.97. The predicted molar refractivity (Wildman–Crippen MR) is 107 cm³/mol. The Kier molecular flexibility index (Phi) is 8.29. The molecule has 0 spiro atoms. The van der Waals surface area contributed by atoms with E-state index in [1.165, 1.54) is 0 Å². The summed E-state index contributed by atoms with van der Waals surface area (Å²) in [6.07, 6.45) is 2.06. The maximum Gasteiger partial charge on any atom is 0.227 e. The third-order valence-electron chi connectivity index (χ3n) is 4.00. The van der Waals surface area contributed by atoms with Gasteiger partial charge in [-0.3, -0.25) is 4.79 Å². The minimum atomic E-state index is 0. The van der Waals surface area contributed by atoms with Gasteiger partial charge in [0.25, 0.3) is 0 Å². The second-order valence-corrected chi connectivity index (χ2v) is 6.06. The zero-order chi connectivity index (χ0) is 16.2. The molecule has 1 aliphatic rings. The molecule has 1 aliphatic heterocycles. The standard InChI is InChI=1S/C17H19ClN4O.2ClH/c18-14-3-6-16(20-12-14)21-7-9-22(10-8-21)17(23)11-13-1-4-15(19)5-2-13;;/h1-6,12H,7-11,19H2;2*1H. The number of hydrogen-bond donors (Lipinski definition) is 1. The van der Waals surface area contributed by atoms with Crippen molar-refractivity contribution < 1.29 is 4.79 Å². The zero-order valence-electron chi connectivity index (χ0n) is 13.6. The number of hydrogen-bond acceptors (Lipinski definition) is 4. The van der Waals surface area contributed by atoms with Crippen LogP contribution in [0.4, 0.5) is 11.5 Å². The van der Waals surface area contributed by atoms with E-state index < -0.39 is 0 Å². The highest BCUT2D eigenvalue weighted by Gasteiger charge is 2.21. The maximum absolute atomic E-state index is 12.4. The van der Waals surface area contributed by atoms with Crippen LogP contribution in [-0.2, 0) is 11.2 Å². The lowest BCUT2D eigenvalue weighted by Crippen LogP contribution is -2.49. The zero-order valence-corrected chi connectivity index (χ0v) is 16.0. The van der Waals surface area contributed by atoms with Gasteiger partial charge in [-0.15, -0.1) is 24.8 Å². The van der Waals surface area contributed by atoms with Crippen LogP contribution in [0.15, 0.2) is 42.6 Å². The van der Waals surface area contributed by atoms with Gasteiger partial charge in [0.2, 0.25) is 5.91 Å². The Morgan fingerprint density at radius 3 is 2.24 bits per heavy atom. The molecule has 1 amide bonds. The van der Waals surface area contributed by atoms with Crippen molar-refractivity contribution in [1.29, 1.82) is 0 Å². The van der Waals surface area contributed by atoms with Gasteiger partial charge in [0.15, 0.2) is 0 Å². The number of amides is 1. The lowest BCUT2D eigenvalue weighted by atomic mass is 10.1. The molecule has 0 radical (unpaired) electrons. The number of piperazine rings is 1. The lowest BCUT2D eigenvalue weighted by Gasteiger charge is -2.35. The molecule has 0 bridgehead atoms. The van der Waals surface area contributed by atoms with Crippen LogP contribution in [0.2, 0.25) is 5.02 Å². The van der Waals surface area contributed by atoms with Gasteiger partial charge < -0.3 is 15.5 Å². The summed E-state index contributed by atoms with van der Waals surface area (Å²) in [6, 6.07) is 11.2. The van der Waals surface area contributed by atoms with Crippen LogP contribution in [-0.4, -0.2) is 42.0 Å². The molecule has 2 aromatic rings. The molecule has 0 atom stereocenters. The van der Waals surface area contributed by atoms with Gasteiger partial charge in [-0.25, -0.2) is 4.98 Å². The smallest absolute Gasteiger partial charge is 0.227 e. The molecular formula is C17H21Cl3N4O. The Balaban J connectivity index is 0.00000156. The van der Waals surface area contributed by atoms with Crippen molar-refractivity contribution in [2.75, 3.05) is 36.8 Å². The normalized spacial score (nSPS) is 13.6. The molecule has 0 saturated carbocycles. The van der Waals surface area contributed by atoms with E-state index >= 15 is 0 Å². The molecule has 0 unspecified atom stereocenters. The number of nitrogen functional groups attached to an aromatic ring is 1. The number of carbonyl (C=O) groups excluding carboxylic acids is 1. The Labute approximate surface area is 165 Å². The summed E-state index contributed by atoms with van der Waals surface area (Å²) in [4.78, 5) is 20.8. The summed E-state index contributed by atoms with van der Waals surface area (Å²) >= 11 is 5.86. The van der Waals surface area contributed by atoms with Gasteiger partial charge in [-0.1, -0.05) is 23.7 Å². The second-order valence-electron chi connectivity index (χ2n) is 5.62. The van der Waals surface area contributed by atoms with E-state index in [9.17, 15) is 4.79 Å². The van der Waals surface area contributed by atoms with Crippen molar-refractivity contribution in [1.82, 2.24) is 9.88 Å². The SMILES string of the molecule is Cl.Cl.Nc1ccc(CC(=O)N2CCN(c3ccc(Cl)cn3)CC2)cc1. The van der Waals surface area contributed by atoms with E-state index in [4.69, 9.17) is 17.3 Å². The molecule has 136 valence electrons. The van der Waals surface area contributed by atoms with Crippen molar-refractivity contribution in [3.63, 3.8) is 0 Å². The van der Waals surface area contributed by atoms with Gasteiger partial charge >= 0.3 is 0 Å². The van der Waals surface area contributed by atoms with Crippen molar-refractivity contribution in [2.24, 2.45) is 0 Å². The van der Waals surface area contributed by atoms with E-state index in [-0.39, 0.29) is 30.7 Å². The van der Waals surface area contributed by atoms with Crippen LogP contribution in [0.3, 0.4) is 0 Å². The monoisotopic (exact) mass is 402 g/mol. The molecule has 5 nitrogen and oxygen atoms in total. The van der Waals surface area contributed by atoms with Crippen LogP contribution in [0, 0.1) is 0 Å². The molecule has 1 aromatic carbocycles. The van der Waals surface area contributed by atoms with Crippen LogP contribution in [0.25, 0.3) is 0 Å². The van der Waals surface area contributed by atoms with E-state index in [0.29, 0.717) is 30.2 Å². The number of aromatic nitrogens is 1. The summed E-state index contributed by atoms with van der Waals surface area (Å²) in [5.74, 6) is 1.05. The third-order valence-corrected chi connectivity index (χ3v) is 4.23. The highest BCUT2D eigenvalue weighted by Crippen LogP contribution is 2.16. The fraction of sp³-hybridized carbons (Fsp3) is 0.294. The van der Waals surface area contributed by atoms with Crippen LogP contribution in [0.1, 0.15) is 5.56 Å². The number of nitrogens with zero attached hydrogens (tertiary/aromatic N) is 3. The number of halogens is 3. The van der Waals surface area contributed by atoms with Crippen LogP contribution < -0.4 is 10.6 Å².